The molecular weight excluding hydrogens is 210 g/mol. The van der Waals surface area contributed by atoms with Gasteiger partial charge >= 0.3 is 0 Å². The zero-order valence-corrected chi connectivity index (χ0v) is 9.28. The Balaban J connectivity index is 2.02. The van der Waals surface area contributed by atoms with Crippen LogP contribution in [0, 0.1) is 0 Å². The van der Waals surface area contributed by atoms with E-state index < -0.39 is 6.23 Å². The monoisotopic (exact) mass is 223 g/mol. The van der Waals surface area contributed by atoms with Gasteiger partial charge in [0.1, 0.15) is 6.23 Å². The van der Waals surface area contributed by atoms with Crippen molar-refractivity contribution in [1.29, 1.82) is 0 Å². The Kier molecular flexibility index (Phi) is 3.08. The highest BCUT2D eigenvalue weighted by molar-refractivity contribution is 7.13. The molecule has 1 aliphatic heterocycles. The van der Waals surface area contributed by atoms with E-state index in [0.29, 0.717) is 6.54 Å². The summed E-state index contributed by atoms with van der Waals surface area (Å²) < 4.78 is 5.12. The SMILES string of the molecule is COc1ccc(CN2C=CC=CC2O)s1. The van der Waals surface area contributed by atoms with E-state index in [0.717, 1.165) is 5.06 Å². The molecule has 0 fully saturated rings. The molecule has 1 aromatic rings. The maximum absolute atomic E-state index is 9.66. The van der Waals surface area contributed by atoms with Crippen LogP contribution in [0.4, 0.5) is 0 Å². The van der Waals surface area contributed by atoms with Crippen molar-refractivity contribution in [3.8, 4) is 5.06 Å². The third-order valence-corrected chi connectivity index (χ3v) is 3.22. The van der Waals surface area contributed by atoms with E-state index in [9.17, 15) is 5.11 Å². The summed E-state index contributed by atoms with van der Waals surface area (Å²) in [6.07, 6.45) is 6.87. The normalized spacial score (nSPS) is 19.6. The van der Waals surface area contributed by atoms with Gasteiger partial charge in [-0.05, 0) is 24.3 Å². The number of nitrogens with zero attached hydrogens (tertiary/aromatic N) is 1. The average Bonchev–Trinajstić information content (AvgIpc) is 2.69. The smallest absolute Gasteiger partial charge is 0.173 e. The van der Waals surface area contributed by atoms with Crippen LogP contribution < -0.4 is 4.74 Å². The van der Waals surface area contributed by atoms with Crippen LogP contribution in [0.5, 0.6) is 5.06 Å². The molecule has 2 rings (SSSR count). The van der Waals surface area contributed by atoms with Gasteiger partial charge < -0.3 is 14.7 Å². The molecule has 4 heteroatoms. The molecule has 3 nitrogen and oxygen atoms in total. The molecule has 0 bridgehead atoms. The fourth-order valence-corrected chi connectivity index (χ4v) is 2.23. The molecule has 1 aromatic heterocycles. The molecule has 0 aliphatic carbocycles. The van der Waals surface area contributed by atoms with Gasteiger partial charge in [-0.15, -0.1) is 11.3 Å². The lowest BCUT2D eigenvalue weighted by molar-refractivity contribution is 0.0730. The number of thiophene rings is 1. The molecule has 1 unspecified atom stereocenters. The van der Waals surface area contributed by atoms with Crippen molar-refractivity contribution in [3.05, 3.63) is 41.4 Å². The zero-order chi connectivity index (χ0) is 10.7. The minimum atomic E-state index is -0.525. The van der Waals surface area contributed by atoms with Gasteiger partial charge in [0.05, 0.1) is 13.7 Å². The second-order valence-electron chi connectivity index (χ2n) is 3.24. The second-order valence-corrected chi connectivity index (χ2v) is 4.37. The van der Waals surface area contributed by atoms with Crippen LogP contribution in [0.3, 0.4) is 0 Å². The van der Waals surface area contributed by atoms with Crippen LogP contribution in [0.2, 0.25) is 0 Å². The topological polar surface area (TPSA) is 32.7 Å². The Hall–Kier alpha value is -1.26. The first-order valence-electron chi connectivity index (χ1n) is 4.71. The van der Waals surface area contributed by atoms with Crippen LogP contribution in [-0.2, 0) is 6.54 Å². The van der Waals surface area contributed by atoms with Gasteiger partial charge in [0.2, 0.25) is 0 Å². The zero-order valence-electron chi connectivity index (χ0n) is 8.46. The Morgan fingerprint density at radius 3 is 3.00 bits per heavy atom. The Labute approximate surface area is 92.9 Å². The highest BCUT2D eigenvalue weighted by Crippen LogP contribution is 2.25. The van der Waals surface area contributed by atoms with Crippen molar-refractivity contribution >= 4 is 11.3 Å². The molecular formula is C11H13NO2S. The van der Waals surface area contributed by atoms with Crippen molar-refractivity contribution < 1.29 is 9.84 Å². The summed E-state index contributed by atoms with van der Waals surface area (Å²) >= 11 is 1.60. The summed E-state index contributed by atoms with van der Waals surface area (Å²) in [5.74, 6) is 0. The minimum Gasteiger partial charge on any atom is -0.487 e. The first-order chi connectivity index (χ1) is 7.29. The second kappa shape index (κ2) is 4.51. The Bertz CT molecular complexity index is 384. The molecule has 80 valence electrons. The van der Waals surface area contributed by atoms with Gasteiger partial charge in [-0.2, -0.15) is 0 Å². The van der Waals surface area contributed by atoms with Gasteiger partial charge in [-0.25, -0.2) is 0 Å². The number of ether oxygens (including phenoxy) is 1. The highest BCUT2D eigenvalue weighted by Gasteiger charge is 2.12. The quantitative estimate of drug-likeness (QED) is 0.850. The molecule has 0 radical (unpaired) electrons. The van der Waals surface area contributed by atoms with E-state index in [1.165, 1.54) is 4.88 Å². The summed E-state index contributed by atoms with van der Waals surface area (Å²) in [6.45, 7) is 0.704. The molecule has 0 saturated carbocycles. The molecule has 1 atom stereocenters. The van der Waals surface area contributed by atoms with E-state index in [1.807, 2.05) is 35.4 Å². The number of hydrogen-bond acceptors (Lipinski definition) is 4. The predicted molar refractivity (Wildman–Crippen MR) is 60.7 cm³/mol. The molecule has 0 saturated heterocycles. The van der Waals surface area contributed by atoms with Gasteiger partial charge in [0.25, 0.3) is 0 Å². The van der Waals surface area contributed by atoms with Crippen LogP contribution in [0.25, 0.3) is 0 Å². The Morgan fingerprint density at radius 1 is 1.47 bits per heavy atom. The maximum Gasteiger partial charge on any atom is 0.173 e. The van der Waals surface area contributed by atoms with Crippen molar-refractivity contribution in [2.24, 2.45) is 0 Å². The van der Waals surface area contributed by atoms with Gasteiger partial charge in [-0.3, -0.25) is 0 Å². The lowest BCUT2D eigenvalue weighted by Gasteiger charge is -2.25. The van der Waals surface area contributed by atoms with Gasteiger partial charge in [-0.1, -0.05) is 6.08 Å². The van der Waals surface area contributed by atoms with E-state index in [4.69, 9.17) is 4.74 Å². The summed E-state index contributed by atoms with van der Waals surface area (Å²) in [6, 6.07) is 3.96. The van der Waals surface area contributed by atoms with Crippen molar-refractivity contribution in [3.63, 3.8) is 0 Å². The van der Waals surface area contributed by atoms with Crippen molar-refractivity contribution in [2.75, 3.05) is 7.11 Å². The Morgan fingerprint density at radius 2 is 2.33 bits per heavy atom. The first-order valence-corrected chi connectivity index (χ1v) is 5.53. The van der Waals surface area contributed by atoms with Gasteiger partial charge in [0.15, 0.2) is 5.06 Å². The number of methoxy groups -OCH3 is 1. The van der Waals surface area contributed by atoms with E-state index in [1.54, 1.807) is 24.5 Å². The third-order valence-electron chi connectivity index (χ3n) is 2.19. The summed E-state index contributed by atoms with van der Waals surface area (Å²) in [5.41, 5.74) is 0. The number of aliphatic hydroxyl groups excluding tert-OH is 1. The highest BCUT2D eigenvalue weighted by atomic mass is 32.1. The molecule has 0 spiro atoms. The van der Waals surface area contributed by atoms with Crippen molar-refractivity contribution in [1.82, 2.24) is 4.90 Å². The third kappa shape index (κ3) is 2.40. The number of rotatable bonds is 3. The number of aliphatic hydroxyl groups is 1. The fourth-order valence-electron chi connectivity index (χ4n) is 1.40. The van der Waals surface area contributed by atoms with Crippen LogP contribution in [0.15, 0.2) is 36.6 Å². The first kappa shape index (κ1) is 10.3. The van der Waals surface area contributed by atoms with Gasteiger partial charge in [0, 0.05) is 11.1 Å². The molecule has 1 aliphatic rings. The molecule has 0 amide bonds. The molecule has 1 N–H and O–H groups in total. The minimum absolute atomic E-state index is 0.525. The number of allylic oxidation sites excluding steroid dienone is 2. The lowest BCUT2D eigenvalue weighted by Crippen LogP contribution is -2.29. The molecule has 2 heterocycles. The fraction of sp³-hybridized carbons (Fsp3) is 0.273. The molecule has 15 heavy (non-hydrogen) atoms. The standard InChI is InChI=1S/C11H13NO2S/c1-14-11-6-5-9(15-11)8-12-7-3-2-4-10(12)13/h2-7,10,13H,8H2,1H3. The van der Waals surface area contributed by atoms with E-state index in [2.05, 4.69) is 0 Å². The summed E-state index contributed by atoms with van der Waals surface area (Å²) in [7, 11) is 1.66. The van der Waals surface area contributed by atoms with Crippen LogP contribution in [0.1, 0.15) is 4.88 Å². The average molecular weight is 223 g/mol. The van der Waals surface area contributed by atoms with Crippen LogP contribution >= 0.6 is 11.3 Å². The largest absolute Gasteiger partial charge is 0.487 e. The molecule has 0 aromatic carbocycles. The van der Waals surface area contributed by atoms with E-state index in [-0.39, 0.29) is 0 Å². The van der Waals surface area contributed by atoms with Crippen LogP contribution in [-0.4, -0.2) is 23.3 Å². The number of hydrogen-bond donors (Lipinski definition) is 1. The summed E-state index contributed by atoms with van der Waals surface area (Å²) in [5, 5.41) is 10.6. The van der Waals surface area contributed by atoms with E-state index >= 15 is 0 Å². The lowest BCUT2D eigenvalue weighted by atomic mass is 10.3. The summed E-state index contributed by atoms with van der Waals surface area (Å²) in [4.78, 5) is 3.04. The van der Waals surface area contributed by atoms with Crippen molar-refractivity contribution in [2.45, 2.75) is 12.8 Å². The predicted octanol–water partition coefficient (Wildman–Crippen LogP) is 1.96. The maximum atomic E-state index is 9.66.